The molecule has 1 heterocycles. The van der Waals surface area contributed by atoms with Crippen LogP contribution in [0.1, 0.15) is 26.7 Å². The summed E-state index contributed by atoms with van der Waals surface area (Å²) in [6.45, 7) is 7.61. The second kappa shape index (κ2) is 3.61. The lowest BCUT2D eigenvalue weighted by molar-refractivity contribution is -0.155. The smallest absolute Gasteiger partial charge is 0.246 e. The molecule has 1 unspecified atom stereocenters. The van der Waals surface area contributed by atoms with Crippen LogP contribution in [-0.4, -0.2) is 34.8 Å². The molecule has 1 saturated heterocycles. The van der Waals surface area contributed by atoms with Gasteiger partial charge in [0.05, 0.1) is 0 Å². The van der Waals surface area contributed by atoms with E-state index >= 15 is 0 Å². The SMILES string of the molecule is C=CCN1C(=O)C(C2CC2)NC(=O)C1(C)C. The number of nitrogens with zero attached hydrogens (tertiary/aromatic N) is 1. The maximum absolute atomic E-state index is 12.2. The van der Waals surface area contributed by atoms with Crippen molar-refractivity contribution < 1.29 is 9.59 Å². The third kappa shape index (κ3) is 1.62. The fourth-order valence-corrected chi connectivity index (χ4v) is 2.14. The summed E-state index contributed by atoms with van der Waals surface area (Å²) >= 11 is 0. The fourth-order valence-electron chi connectivity index (χ4n) is 2.14. The zero-order valence-electron chi connectivity index (χ0n) is 9.82. The number of rotatable bonds is 3. The van der Waals surface area contributed by atoms with E-state index < -0.39 is 5.54 Å². The van der Waals surface area contributed by atoms with E-state index in [1.54, 1.807) is 24.8 Å². The Hall–Kier alpha value is -1.32. The fraction of sp³-hybridized carbons (Fsp3) is 0.667. The molecule has 2 fully saturated rings. The van der Waals surface area contributed by atoms with Crippen LogP contribution in [-0.2, 0) is 9.59 Å². The largest absolute Gasteiger partial charge is 0.342 e. The molecule has 2 amide bonds. The van der Waals surface area contributed by atoms with Crippen LogP contribution in [0.15, 0.2) is 12.7 Å². The molecule has 0 bridgehead atoms. The first kappa shape index (κ1) is 11.2. The molecule has 1 aliphatic carbocycles. The van der Waals surface area contributed by atoms with Crippen molar-refractivity contribution in [2.45, 2.75) is 38.3 Å². The summed E-state index contributed by atoms with van der Waals surface area (Å²) in [5.74, 6) is 0.317. The topological polar surface area (TPSA) is 49.4 Å². The van der Waals surface area contributed by atoms with Gasteiger partial charge in [-0.3, -0.25) is 9.59 Å². The lowest BCUT2D eigenvalue weighted by Gasteiger charge is -2.44. The molecule has 0 radical (unpaired) electrons. The van der Waals surface area contributed by atoms with Gasteiger partial charge < -0.3 is 10.2 Å². The second-order valence-corrected chi connectivity index (χ2v) is 5.09. The van der Waals surface area contributed by atoms with Gasteiger partial charge in [0.25, 0.3) is 0 Å². The van der Waals surface area contributed by atoms with Crippen molar-refractivity contribution in [3.63, 3.8) is 0 Å². The molecule has 1 atom stereocenters. The maximum atomic E-state index is 12.2. The van der Waals surface area contributed by atoms with Crippen molar-refractivity contribution in [1.29, 1.82) is 0 Å². The van der Waals surface area contributed by atoms with E-state index in [0.717, 1.165) is 12.8 Å². The Morgan fingerprint density at radius 1 is 1.50 bits per heavy atom. The summed E-state index contributed by atoms with van der Waals surface area (Å²) < 4.78 is 0. The van der Waals surface area contributed by atoms with E-state index in [4.69, 9.17) is 0 Å². The summed E-state index contributed by atoms with van der Waals surface area (Å²) in [5.41, 5.74) is -0.767. The van der Waals surface area contributed by atoms with Crippen LogP contribution in [0, 0.1) is 5.92 Å². The standard InChI is InChI=1S/C12H18N2O2/c1-4-7-14-10(15)9(8-5-6-8)13-11(16)12(14,2)3/h4,8-9H,1,5-7H2,2-3H3,(H,13,16). The van der Waals surface area contributed by atoms with Gasteiger partial charge in [-0.2, -0.15) is 0 Å². The van der Waals surface area contributed by atoms with Crippen LogP contribution in [0.4, 0.5) is 0 Å². The van der Waals surface area contributed by atoms with Crippen LogP contribution in [0.2, 0.25) is 0 Å². The number of carbonyl (C=O) groups is 2. The molecule has 0 spiro atoms. The van der Waals surface area contributed by atoms with Crippen LogP contribution in [0.3, 0.4) is 0 Å². The van der Waals surface area contributed by atoms with Crippen molar-refractivity contribution in [2.24, 2.45) is 5.92 Å². The highest BCUT2D eigenvalue weighted by Gasteiger charge is 2.50. The Morgan fingerprint density at radius 3 is 2.62 bits per heavy atom. The lowest BCUT2D eigenvalue weighted by atomic mass is 9.94. The minimum Gasteiger partial charge on any atom is -0.342 e. The van der Waals surface area contributed by atoms with E-state index in [2.05, 4.69) is 11.9 Å². The second-order valence-electron chi connectivity index (χ2n) is 5.09. The number of amides is 2. The Labute approximate surface area is 95.7 Å². The number of hydrogen-bond acceptors (Lipinski definition) is 2. The van der Waals surface area contributed by atoms with Gasteiger partial charge in [-0.1, -0.05) is 6.08 Å². The van der Waals surface area contributed by atoms with E-state index in [1.165, 1.54) is 0 Å². The molecule has 16 heavy (non-hydrogen) atoms. The van der Waals surface area contributed by atoms with Crippen LogP contribution >= 0.6 is 0 Å². The van der Waals surface area contributed by atoms with Gasteiger partial charge in [-0.15, -0.1) is 6.58 Å². The van der Waals surface area contributed by atoms with Gasteiger partial charge >= 0.3 is 0 Å². The highest BCUT2D eigenvalue weighted by atomic mass is 16.2. The molecule has 0 aromatic rings. The third-order valence-corrected chi connectivity index (χ3v) is 3.45. The number of nitrogens with one attached hydrogen (secondary N) is 1. The van der Waals surface area contributed by atoms with Crippen molar-refractivity contribution in [3.05, 3.63) is 12.7 Å². The van der Waals surface area contributed by atoms with Crippen LogP contribution in [0.5, 0.6) is 0 Å². The van der Waals surface area contributed by atoms with Crippen molar-refractivity contribution in [3.8, 4) is 0 Å². The molecular weight excluding hydrogens is 204 g/mol. The summed E-state index contributed by atoms with van der Waals surface area (Å²) in [6.07, 6.45) is 3.75. The Bertz CT molecular complexity index is 345. The van der Waals surface area contributed by atoms with E-state index in [9.17, 15) is 9.59 Å². The van der Waals surface area contributed by atoms with E-state index in [1.807, 2.05) is 0 Å². The summed E-state index contributed by atoms with van der Waals surface area (Å²) in [6, 6.07) is -0.305. The summed E-state index contributed by atoms with van der Waals surface area (Å²) in [7, 11) is 0. The molecule has 88 valence electrons. The van der Waals surface area contributed by atoms with E-state index in [-0.39, 0.29) is 17.9 Å². The zero-order chi connectivity index (χ0) is 11.9. The predicted molar refractivity (Wildman–Crippen MR) is 60.6 cm³/mol. The van der Waals surface area contributed by atoms with Gasteiger partial charge in [0, 0.05) is 6.54 Å². The van der Waals surface area contributed by atoms with Crippen LogP contribution < -0.4 is 5.32 Å². The van der Waals surface area contributed by atoms with Gasteiger partial charge in [0.1, 0.15) is 11.6 Å². The number of hydrogen-bond donors (Lipinski definition) is 1. The molecule has 0 aromatic heterocycles. The highest BCUT2D eigenvalue weighted by Crippen LogP contribution is 2.36. The first-order valence-electron chi connectivity index (χ1n) is 5.72. The zero-order valence-corrected chi connectivity index (χ0v) is 9.82. The summed E-state index contributed by atoms with van der Waals surface area (Å²) in [5, 5.41) is 2.84. The first-order valence-corrected chi connectivity index (χ1v) is 5.72. The number of piperazine rings is 1. The van der Waals surface area contributed by atoms with E-state index in [0.29, 0.717) is 12.5 Å². The molecule has 4 heteroatoms. The average Bonchev–Trinajstić information content (AvgIpc) is 3.02. The molecule has 2 rings (SSSR count). The third-order valence-electron chi connectivity index (χ3n) is 3.45. The molecule has 1 aliphatic heterocycles. The predicted octanol–water partition coefficient (Wildman–Crippen LogP) is 0.688. The van der Waals surface area contributed by atoms with Gasteiger partial charge in [-0.05, 0) is 32.6 Å². The minimum absolute atomic E-state index is 0.0343. The minimum atomic E-state index is -0.767. The Balaban J connectivity index is 2.25. The quantitative estimate of drug-likeness (QED) is 0.714. The molecule has 1 saturated carbocycles. The normalized spacial score (nSPS) is 28.9. The molecule has 1 N–H and O–H groups in total. The van der Waals surface area contributed by atoms with Crippen LogP contribution in [0.25, 0.3) is 0 Å². The Morgan fingerprint density at radius 2 is 2.12 bits per heavy atom. The maximum Gasteiger partial charge on any atom is 0.246 e. The van der Waals surface area contributed by atoms with Gasteiger partial charge in [0.15, 0.2) is 0 Å². The first-order chi connectivity index (χ1) is 7.48. The molecular formula is C12H18N2O2. The monoisotopic (exact) mass is 222 g/mol. The van der Waals surface area contributed by atoms with Crippen molar-refractivity contribution >= 4 is 11.8 Å². The van der Waals surface area contributed by atoms with Gasteiger partial charge in [-0.25, -0.2) is 0 Å². The Kier molecular flexibility index (Phi) is 2.52. The highest BCUT2D eigenvalue weighted by molar-refractivity contribution is 5.99. The summed E-state index contributed by atoms with van der Waals surface area (Å²) in [4.78, 5) is 25.8. The average molecular weight is 222 g/mol. The molecule has 0 aromatic carbocycles. The van der Waals surface area contributed by atoms with Crippen molar-refractivity contribution in [2.75, 3.05) is 6.54 Å². The lowest BCUT2D eigenvalue weighted by Crippen LogP contribution is -2.68. The molecule has 4 nitrogen and oxygen atoms in total. The van der Waals surface area contributed by atoms with Gasteiger partial charge in [0.2, 0.25) is 11.8 Å². The molecule has 2 aliphatic rings. The number of carbonyl (C=O) groups excluding carboxylic acids is 2. The van der Waals surface area contributed by atoms with Crippen molar-refractivity contribution in [1.82, 2.24) is 10.2 Å².